The minimum absolute atomic E-state index is 0.0120. The maximum absolute atomic E-state index is 13.0. The van der Waals surface area contributed by atoms with Crippen molar-refractivity contribution < 1.29 is 26.8 Å². The maximum Gasteiger partial charge on any atom is 0.297 e. The van der Waals surface area contributed by atoms with E-state index in [0.29, 0.717) is 25.0 Å². The van der Waals surface area contributed by atoms with Gasteiger partial charge < -0.3 is 9.84 Å². The van der Waals surface area contributed by atoms with Crippen molar-refractivity contribution in [2.24, 2.45) is 0 Å². The molecule has 0 spiro atoms. The van der Waals surface area contributed by atoms with E-state index in [0.717, 1.165) is 0 Å². The highest BCUT2D eigenvalue weighted by Gasteiger charge is 2.22. The van der Waals surface area contributed by atoms with Crippen molar-refractivity contribution in [2.45, 2.75) is 43.3 Å². The van der Waals surface area contributed by atoms with Gasteiger partial charge in [-0.15, -0.1) is 0 Å². The van der Waals surface area contributed by atoms with Gasteiger partial charge in [0.25, 0.3) is 10.1 Å². The second-order valence-corrected chi connectivity index (χ2v) is 7.80. The monoisotopic (exact) mass is 408 g/mol. The van der Waals surface area contributed by atoms with Crippen LogP contribution in [0.2, 0.25) is 0 Å². The van der Waals surface area contributed by atoms with Crippen LogP contribution in [-0.2, 0) is 14.3 Å². The van der Waals surface area contributed by atoms with Crippen molar-refractivity contribution in [1.29, 1.82) is 0 Å². The van der Waals surface area contributed by atoms with Crippen LogP contribution in [0.4, 0.5) is 4.39 Å². The molecule has 2 atom stereocenters. The van der Waals surface area contributed by atoms with Crippen LogP contribution in [-0.4, -0.2) is 32.3 Å². The summed E-state index contributed by atoms with van der Waals surface area (Å²) in [6.07, 6.45) is 3.69. The minimum Gasteiger partial charge on any atom is -0.491 e. The fourth-order valence-corrected chi connectivity index (χ4v) is 3.48. The summed E-state index contributed by atoms with van der Waals surface area (Å²) in [6.45, 7) is 1.85. The first kappa shape index (κ1) is 22.1. The first-order valence-corrected chi connectivity index (χ1v) is 10.5. The zero-order valence-electron chi connectivity index (χ0n) is 15.7. The van der Waals surface area contributed by atoms with Crippen LogP contribution in [0.5, 0.6) is 5.75 Å². The molecular weight excluding hydrogens is 383 g/mol. The van der Waals surface area contributed by atoms with Gasteiger partial charge in [-0.1, -0.05) is 37.3 Å². The summed E-state index contributed by atoms with van der Waals surface area (Å²) in [7, 11) is -3.94. The molecule has 7 heteroatoms. The molecule has 0 aliphatic rings. The fraction of sp³-hybridized carbons (Fsp3) is 0.333. The Kier molecular flexibility index (Phi) is 8.63. The Balaban J connectivity index is 2.04. The first-order chi connectivity index (χ1) is 13.4. The molecule has 152 valence electrons. The predicted octanol–water partition coefficient (Wildman–Crippen LogP) is 4.09. The van der Waals surface area contributed by atoms with Crippen LogP contribution >= 0.6 is 0 Å². The molecule has 0 amide bonds. The Morgan fingerprint density at radius 1 is 1.11 bits per heavy atom. The van der Waals surface area contributed by atoms with Gasteiger partial charge >= 0.3 is 0 Å². The van der Waals surface area contributed by atoms with E-state index >= 15 is 0 Å². The van der Waals surface area contributed by atoms with Gasteiger partial charge in [-0.25, -0.2) is 4.39 Å². The Bertz CT molecular complexity index is 835. The molecular formula is C21H25FO5S. The summed E-state index contributed by atoms with van der Waals surface area (Å²) in [4.78, 5) is 0.0683. The average Bonchev–Trinajstić information content (AvgIpc) is 2.70. The number of rotatable bonds is 11. The van der Waals surface area contributed by atoms with Gasteiger partial charge in [0, 0.05) is 0 Å². The Labute approximate surface area is 165 Å². The van der Waals surface area contributed by atoms with E-state index in [9.17, 15) is 17.9 Å². The van der Waals surface area contributed by atoms with Gasteiger partial charge in [0.05, 0.1) is 11.0 Å². The molecule has 0 bridgehead atoms. The number of aliphatic hydroxyl groups excluding tert-OH is 1. The highest BCUT2D eigenvalue weighted by molar-refractivity contribution is 7.86. The molecule has 0 saturated carbocycles. The van der Waals surface area contributed by atoms with Gasteiger partial charge in [0.2, 0.25) is 0 Å². The summed E-state index contributed by atoms with van der Waals surface area (Å²) < 4.78 is 49.0. The van der Waals surface area contributed by atoms with Crippen LogP contribution in [0, 0.1) is 5.82 Å². The summed E-state index contributed by atoms with van der Waals surface area (Å²) in [6, 6.07) is 13.4. The fourth-order valence-electron chi connectivity index (χ4n) is 2.37. The van der Waals surface area contributed by atoms with Gasteiger partial charge in [-0.05, 0) is 55.7 Å². The Hall–Kier alpha value is -2.22. The molecule has 5 nitrogen and oxygen atoms in total. The van der Waals surface area contributed by atoms with E-state index in [1.807, 2.05) is 6.92 Å². The van der Waals surface area contributed by atoms with E-state index in [1.54, 1.807) is 30.4 Å². The highest BCUT2D eigenvalue weighted by Crippen LogP contribution is 2.18. The molecule has 2 aromatic rings. The van der Waals surface area contributed by atoms with Crippen LogP contribution in [0.3, 0.4) is 0 Å². The zero-order valence-corrected chi connectivity index (χ0v) is 16.5. The number of hydrogen-bond acceptors (Lipinski definition) is 5. The smallest absolute Gasteiger partial charge is 0.297 e. The van der Waals surface area contributed by atoms with Gasteiger partial charge in [-0.2, -0.15) is 8.42 Å². The SMILES string of the molecule is CCC(O)/C=C/CCC(COc1ccc(F)cc1)OS(=O)(=O)c1ccccc1. The molecule has 0 aliphatic heterocycles. The molecule has 0 heterocycles. The van der Waals surface area contributed by atoms with E-state index in [2.05, 4.69) is 0 Å². The van der Waals surface area contributed by atoms with Crippen molar-refractivity contribution >= 4 is 10.1 Å². The van der Waals surface area contributed by atoms with Gasteiger partial charge in [0.1, 0.15) is 24.3 Å². The van der Waals surface area contributed by atoms with Crippen molar-refractivity contribution in [1.82, 2.24) is 0 Å². The Morgan fingerprint density at radius 3 is 2.43 bits per heavy atom. The van der Waals surface area contributed by atoms with E-state index in [1.165, 1.54) is 36.4 Å². The van der Waals surface area contributed by atoms with Crippen LogP contribution in [0.15, 0.2) is 71.6 Å². The molecule has 2 aromatic carbocycles. The lowest BCUT2D eigenvalue weighted by Gasteiger charge is -2.18. The van der Waals surface area contributed by atoms with Gasteiger partial charge in [0.15, 0.2) is 0 Å². The molecule has 2 unspecified atom stereocenters. The Morgan fingerprint density at radius 2 is 1.79 bits per heavy atom. The second kappa shape index (κ2) is 10.9. The van der Waals surface area contributed by atoms with Crippen molar-refractivity contribution in [2.75, 3.05) is 6.61 Å². The molecule has 0 radical (unpaired) electrons. The number of benzene rings is 2. The van der Waals surface area contributed by atoms with E-state index in [-0.39, 0.29) is 17.3 Å². The highest BCUT2D eigenvalue weighted by atomic mass is 32.2. The lowest BCUT2D eigenvalue weighted by atomic mass is 10.1. The summed E-state index contributed by atoms with van der Waals surface area (Å²) >= 11 is 0. The number of hydrogen-bond donors (Lipinski definition) is 1. The number of ether oxygens (including phenoxy) is 1. The number of aliphatic hydroxyl groups is 1. The first-order valence-electron chi connectivity index (χ1n) is 9.12. The van der Waals surface area contributed by atoms with Crippen LogP contribution in [0.1, 0.15) is 26.2 Å². The van der Waals surface area contributed by atoms with Crippen molar-refractivity contribution in [3.8, 4) is 5.75 Å². The lowest BCUT2D eigenvalue weighted by Crippen LogP contribution is -2.25. The molecule has 2 rings (SSSR count). The number of halogens is 1. The van der Waals surface area contributed by atoms with E-state index in [4.69, 9.17) is 8.92 Å². The molecule has 1 N–H and O–H groups in total. The quantitative estimate of drug-likeness (QED) is 0.448. The number of allylic oxidation sites excluding steroid dienone is 1. The molecule has 0 saturated heterocycles. The second-order valence-electron chi connectivity index (χ2n) is 6.23. The third-order valence-electron chi connectivity index (χ3n) is 3.98. The molecule has 28 heavy (non-hydrogen) atoms. The maximum atomic E-state index is 13.0. The third-order valence-corrected chi connectivity index (χ3v) is 5.35. The molecule has 0 fully saturated rings. The van der Waals surface area contributed by atoms with Crippen LogP contribution in [0.25, 0.3) is 0 Å². The predicted molar refractivity (Wildman–Crippen MR) is 105 cm³/mol. The standard InChI is InChI=1S/C21H25FO5S/c1-2-18(23)8-6-7-9-20(16-26-19-14-12-17(22)13-15-19)27-28(24,25)21-10-4-3-5-11-21/h3-6,8,10-15,18,20,23H,2,7,9,16H2,1H3/b8-6+. The third kappa shape index (κ3) is 7.42. The normalized spacial score (nSPS) is 14.1. The van der Waals surface area contributed by atoms with Crippen molar-refractivity contribution in [3.05, 3.63) is 72.6 Å². The summed E-state index contributed by atoms with van der Waals surface area (Å²) in [5, 5.41) is 9.56. The summed E-state index contributed by atoms with van der Waals surface area (Å²) in [5.74, 6) is 0.0375. The average molecular weight is 408 g/mol. The minimum atomic E-state index is -3.94. The van der Waals surface area contributed by atoms with E-state index < -0.39 is 22.3 Å². The molecule has 0 aliphatic carbocycles. The lowest BCUT2D eigenvalue weighted by molar-refractivity contribution is 0.127. The summed E-state index contributed by atoms with van der Waals surface area (Å²) in [5.41, 5.74) is 0. The van der Waals surface area contributed by atoms with Gasteiger partial charge in [-0.3, -0.25) is 4.18 Å². The topological polar surface area (TPSA) is 72.8 Å². The largest absolute Gasteiger partial charge is 0.491 e. The van der Waals surface area contributed by atoms with Crippen molar-refractivity contribution in [3.63, 3.8) is 0 Å². The van der Waals surface area contributed by atoms with Crippen LogP contribution < -0.4 is 4.74 Å². The molecule has 0 aromatic heterocycles. The zero-order chi connectivity index (χ0) is 20.4.